The van der Waals surface area contributed by atoms with Gasteiger partial charge in [-0.2, -0.15) is 0 Å². The van der Waals surface area contributed by atoms with Crippen molar-refractivity contribution in [1.29, 1.82) is 0 Å². The molecule has 5 N–H and O–H groups in total. The molecule has 0 saturated heterocycles. The first-order valence-corrected chi connectivity index (χ1v) is 12.2. The van der Waals surface area contributed by atoms with E-state index in [-0.39, 0.29) is 46.4 Å². The summed E-state index contributed by atoms with van der Waals surface area (Å²) in [7, 11) is 0. The number of nitrogens with one attached hydrogen (secondary N) is 2. The molecule has 40 heavy (non-hydrogen) atoms. The van der Waals surface area contributed by atoms with Crippen LogP contribution >= 0.6 is 0 Å². The summed E-state index contributed by atoms with van der Waals surface area (Å²) in [6, 6.07) is 20.2. The molecule has 1 aliphatic carbocycles. The first kappa shape index (κ1) is 24.6. The fourth-order valence-corrected chi connectivity index (χ4v) is 5.24. The first-order valence-electron chi connectivity index (χ1n) is 12.2. The lowest BCUT2D eigenvalue weighted by molar-refractivity contribution is 0.0696. The number of fused-ring (bicyclic) bond motifs is 4. The maximum absolute atomic E-state index is 13.0. The quantitative estimate of drug-likeness (QED) is 0.281. The van der Waals surface area contributed by atoms with Crippen molar-refractivity contribution in [1.82, 2.24) is 9.88 Å². The van der Waals surface area contributed by atoms with Gasteiger partial charge >= 0.3 is 12.1 Å². The Kier molecular flexibility index (Phi) is 5.69. The van der Waals surface area contributed by atoms with Gasteiger partial charge in [0.2, 0.25) is 0 Å². The lowest BCUT2D eigenvalue weighted by atomic mass is 9.98. The summed E-state index contributed by atoms with van der Waals surface area (Å²) in [5.41, 5.74) is 8.83. The van der Waals surface area contributed by atoms with Crippen molar-refractivity contribution in [3.05, 3.63) is 111 Å². The van der Waals surface area contributed by atoms with E-state index in [0.29, 0.717) is 0 Å². The van der Waals surface area contributed by atoms with Crippen molar-refractivity contribution in [2.24, 2.45) is 0 Å². The number of carbonyl (C=O) groups excluding carboxylic acids is 3. The molecule has 11 heteroatoms. The van der Waals surface area contributed by atoms with Crippen LogP contribution in [-0.4, -0.2) is 40.2 Å². The van der Waals surface area contributed by atoms with Gasteiger partial charge in [-0.1, -0.05) is 48.5 Å². The van der Waals surface area contributed by atoms with Crippen LogP contribution in [0, 0.1) is 0 Å². The number of aromatic carboxylic acids is 1. The van der Waals surface area contributed by atoms with Gasteiger partial charge in [-0.05, 0) is 40.5 Å². The Hall–Kier alpha value is -5.71. The average Bonchev–Trinajstić information content (AvgIpc) is 3.41. The number of aromatic nitrogens is 1. The summed E-state index contributed by atoms with van der Waals surface area (Å²) in [5, 5.41) is 14.1. The number of benzene rings is 3. The van der Waals surface area contributed by atoms with E-state index in [2.05, 4.69) is 10.6 Å². The molecule has 3 aromatic carbocycles. The second-order valence-corrected chi connectivity index (χ2v) is 9.26. The summed E-state index contributed by atoms with van der Waals surface area (Å²) in [6.07, 6.45) is -0.897. The number of amides is 3. The molecule has 11 nitrogen and oxygen atoms in total. The molecule has 0 saturated carbocycles. The van der Waals surface area contributed by atoms with Gasteiger partial charge in [0.25, 0.3) is 17.4 Å². The molecule has 3 amide bonds. The second-order valence-electron chi connectivity index (χ2n) is 9.26. The highest BCUT2D eigenvalue weighted by Crippen LogP contribution is 2.44. The minimum atomic E-state index is -1.28. The standard InChI is InChI=1S/C29H20N4O7/c30-25-24-19(26(35)32-27(24)36)12-23(34)33(25)22-10-9-14(28(37)38)11-21(22)31-29(39)40-13-20-17-7-3-1-5-15(17)16-6-2-4-8-18(16)20/h1-12,20H,13,30H2,(H,31,39)(H,37,38)(H,32,35,36). The minimum absolute atomic E-state index is 0.00295. The van der Waals surface area contributed by atoms with E-state index in [1.807, 2.05) is 48.5 Å². The zero-order valence-electron chi connectivity index (χ0n) is 20.6. The number of rotatable bonds is 5. The molecule has 6 rings (SSSR count). The highest BCUT2D eigenvalue weighted by molar-refractivity contribution is 6.23. The summed E-state index contributed by atoms with van der Waals surface area (Å²) in [5.74, 6) is -3.37. The predicted octanol–water partition coefficient (Wildman–Crippen LogP) is 3.36. The highest BCUT2D eigenvalue weighted by atomic mass is 16.5. The molecule has 1 aliphatic heterocycles. The molecule has 198 valence electrons. The molecule has 2 heterocycles. The Bertz CT molecular complexity index is 1800. The van der Waals surface area contributed by atoms with Crippen molar-refractivity contribution < 1.29 is 29.0 Å². The largest absolute Gasteiger partial charge is 0.478 e. The van der Waals surface area contributed by atoms with Crippen LogP contribution in [0.1, 0.15) is 48.1 Å². The van der Waals surface area contributed by atoms with Crippen LogP contribution in [0.3, 0.4) is 0 Å². The SMILES string of the molecule is Nc1c2c(cc(=O)n1-c1ccc(C(=O)O)cc1NC(=O)OCC1c3ccccc3-c3ccccc31)C(=O)NC2=O. The highest BCUT2D eigenvalue weighted by Gasteiger charge is 2.33. The number of nitrogens with zero attached hydrogens (tertiary/aromatic N) is 1. The van der Waals surface area contributed by atoms with Crippen LogP contribution in [0.2, 0.25) is 0 Å². The van der Waals surface area contributed by atoms with Gasteiger partial charge in [0.1, 0.15) is 12.4 Å². The fraction of sp³-hybridized carbons (Fsp3) is 0.0690. The number of nitrogen functional groups attached to an aromatic ring is 1. The fourth-order valence-electron chi connectivity index (χ4n) is 5.24. The predicted molar refractivity (Wildman–Crippen MR) is 144 cm³/mol. The van der Waals surface area contributed by atoms with E-state index in [4.69, 9.17) is 10.5 Å². The van der Waals surface area contributed by atoms with E-state index in [1.165, 1.54) is 12.1 Å². The minimum Gasteiger partial charge on any atom is -0.478 e. The molecule has 0 bridgehead atoms. The Morgan fingerprint density at radius 1 is 0.900 bits per heavy atom. The number of nitrogens with two attached hydrogens (primary N) is 1. The van der Waals surface area contributed by atoms with Gasteiger partial charge in [-0.15, -0.1) is 0 Å². The van der Waals surface area contributed by atoms with Gasteiger partial charge in [0.05, 0.1) is 28.1 Å². The van der Waals surface area contributed by atoms with Gasteiger partial charge in [-0.3, -0.25) is 29.6 Å². The van der Waals surface area contributed by atoms with Crippen LogP contribution < -0.4 is 21.9 Å². The zero-order chi connectivity index (χ0) is 28.1. The van der Waals surface area contributed by atoms with E-state index in [1.54, 1.807) is 0 Å². The molecule has 0 spiro atoms. The molecule has 0 unspecified atom stereocenters. The van der Waals surface area contributed by atoms with Gasteiger partial charge in [-0.25, -0.2) is 9.59 Å². The monoisotopic (exact) mass is 536 g/mol. The van der Waals surface area contributed by atoms with Crippen LogP contribution in [0.25, 0.3) is 16.8 Å². The first-order chi connectivity index (χ1) is 19.2. The second kappa shape index (κ2) is 9.24. The molecule has 4 aromatic rings. The van der Waals surface area contributed by atoms with Crippen LogP contribution in [0.15, 0.2) is 77.6 Å². The third-order valence-corrected chi connectivity index (χ3v) is 7.02. The number of carboxylic acids is 1. The number of hydrogen-bond donors (Lipinski definition) is 4. The lowest BCUT2D eigenvalue weighted by Crippen LogP contribution is -2.26. The third kappa shape index (κ3) is 3.88. The number of hydrogen-bond acceptors (Lipinski definition) is 7. The van der Waals surface area contributed by atoms with Crippen molar-refractivity contribution in [3.63, 3.8) is 0 Å². The topological polar surface area (TPSA) is 170 Å². The summed E-state index contributed by atoms with van der Waals surface area (Å²) < 4.78 is 6.49. The van der Waals surface area contributed by atoms with Crippen molar-refractivity contribution in [2.75, 3.05) is 17.7 Å². The normalized spacial score (nSPS) is 13.3. The van der Waals surface area contributed by atoms with E-state index in [0.717, 1.165) is 39.0 Å². The summed E-state index contributed by atoms with van der Waals surface area (Å²) in [4.78, 5) is 61.9. The van der Waals surface area contributed by atoms with Gasteiger partial charge in [0, 0.05) is 12.0 Å². The third-order valence-electron chi connectivity index (χ3n) is 7.02. The number of ether oxygens (including phenoxy) is 1. The van der Waals surface area contributed by atoms with E-state index in [9.17, 15) is 29.1 Å². The number of carboxylic acid groups (broad SMARTS) is 1. The lowest BCUT2D eigenvalue weighted by Gasteiger charge is -2.18. The summed E-state index contributed by atoms with van der Waals surface area (Å²) >= 11 is 0. The Balaban J connectivity index is 1.33. The smallest absolute Gasteiger partial charge is 0.411 e. The summed E-state index contributed by atoms with van der Waals surface area (Å²) in [6.45, 7) is -0.00295. The number of carbonyl (C=O) groups is 4. The van der Waals surface area contributed by atoms with Crippen LogP contribution in [0.4, 0.5) is 16.3 Å². The number of pyridine rings is 1. The maximum atomic E-state index is 13.0. The van der Waals surface area contributed by atoms with Crippen molar-refractivity contribution in [2.45, 2.75) is 5.92 Å². The number of imide groups is 1. The Morgan fingerprint density at radius 2 is 1.55 bits per heavy atom. The zero-order valence-corrected chi connectivity index (χ0v) is 20.6. The molecular formula is C29H20N4O7. The maximum Gasteiger partial charge on any atom is 0.411 e. The van der Waals surface area contributed by atoms with Gasteiger partial charge < -0.3 is 15.6 Å². The molecular weight excluding hydrogens is 516 g/mol. The molecule has 1 aromatic heterocycles. The van der Waals surface area contributed by atoms with Crippen molar-refractivity contribution in [3.8, 4) is 16.8 Å². The molecule has 2 aliphatic rings. The number of anilines is 2. The van der Waals surface area contributed by atoms with Gasteiger partial charge in [0.15, 0.2) is 0 Å². The van der Waals surface area contributed by atoms with Crippen LogP contribution in [-0.2, 0) is 4.74 Å². The van der Waals surface area contributed by atoms with Crippen molar-refractivity contribution >= 4 is 35.4 Å². The molecule has 0 radical (unpaired) electrons. The molecule has 0 atom stereocenters. The molecule has 0 fully saturated rings. The van der Waals surface area contributed by atoms with E-state index >= 15 is 0 Å². The van der Waals surface area contributed by atoms with Crippen LogP contribution in [0.5, 0.6) is 0 Å². The Morgan fingerprint density at radius 3 is 2.20 bits per heavy atom. The van der Waals surface area contributed by atoms with E-state index < -0.39 is 29.4 Å². The average molecular weight is 537 g/mol. The Labute approximate surface area is 225 Å².